The van der Waals surface area contributed by atoms with Gasteiger partial charge in [0.05, 0.1) is 11.5 Å². The maximum atomic E-state index is 11.2. The monoisotopic (exact) mass is 237 g/mol. The predicted molar refractivity (Wildman–Crippen MR) is 58.2 cm³/mol. The molecule has 0 spiro atoms. The summed E-state index contributed by atoms with van der Waals surface area (Å²) in [6.45, 7) is 0. The largest absolute Gasteiger partial charge is 0.352 e. The Morgan fingerprint density at radius 2 is 2.29 bits per heavy atom. The predicted octanol–water partition coefficient (Wildman–Crippen LogP) is 0.0428. The number of amides is 1. The minimum absolute atomic E-state index is 0.0403. The van der Waals surface area contributed by atoms with Gasteiger partial charge in [-0.2, -0.15) is 11.8 Å². The van der Waals surface area contributed by atoms with Crippen molar-refractivity contribution in [3.05, 3.63) is 0 Å². The third kappa shape index (κ3) is 3.88. The van der Waals surface area contributed by atoms with Crippen molar-refractivity contribution in [3.8, 4) is 0 Å². The molecule has 0 aliphatic carbocycles. The molecule has 4 nitrogen and oxygen atoms in total. The molecule has 14 heavy (non-hydrogen) atoms. The summed E-state index contributed by atoms with van der Waals surface area (Å²) in [4.78, 5) is 11.2. The Labute approximate surface area is 88.7 Å². The first-order chi connectivity index (χ1) is 6.53. The average Bonchev–Trinajstić information content (AvgIpc) is 2.42. The van der Waals surface area contributed by atoms with Gasteiger partial charge in [-0.3, -0.25) is 4.79 Å². The van der Waals surface area contributed by atoms with Gasteiger partial charge < -0.3 is 5.32 Å². The molecule has 1 aliphatic rings. The molecule has 1 aliphatic heterocycles. The van der Waals surface area contributed by atoms with Crippen molar-refractivity contribution in [3.63, 3.8) is 0 Å². The molecule has 0 aromatic heterocycles. The van der Waals surface area contributed by atoms with Crippen molar-refractivity contribution in [1.29, 1.82) is 0 Å². The van der Waals surface area contributed by atoms with Gasteiger partial charge in [-0.25, -0.2) is 8.42 Å². The lowest BCUT2D eigenvalue weighted by Crippen LogP contribution is -2.35. The summed E-state index contributed by atoms with van der Waals surface area (Å²) in [6.07, 6.45) is 2.97. The van der Waals surface area contributed by atoms with Gasteiger partial charge in [-0.15, -0.1) is 0 Å². The first-order valence-corrected chi connectivity index (χ1v) is 7.74. The molecule has 0 aromatic rings. The zero-order valence-electron chi connectivity index (χ0n) is 8.15. The highest BCUT2D eigenvalue weighted by Crippen LogP contribution is 2.11. The first kappa shape index (κ1) is 11.8. The minimum atomic E-state index is -2.88. The minimum Gasteiger partial charge on any atom is -0.352 e. The normalized spacial score (nSPS) is 24.8. The highest BCUT2D eigenvalue weighted by atomic mass is 32.2. The van der Waals surface area contributed by atoms with E-state index >= 15 is 0 Å². The smallest absolute Gasteiger partial charge is 0.221 e. The van der Waals surface area contributed by atoms with Crippen LogP contribution in [0, 0.1) is 0 Å². The van der Waals surface area contributed by atoms with Gasteiger partial charge >= 0.3 is 0 Å². The van der Waals surface area contributed by atoms with E-state index in [-0.39, 0.29) is 23.5 Å². The van der Waals surface area contributed by atoms with Crippen LogP contribution in [0.4, 0.5) is 0 Å². The molecule has 0 bridgehead atoms. The highest BCUT2D eigenvalue weighted by molar-refractivity contribution is 7.98. The van der Waals surface area contributed by atoms with Crippen LogP contribution in [0.3, 0.4) is 0 Å². The lowest BCUT2D eigenvalue weighted by Gasteiger charge is -2.09. The molecule has 1 N–H and O–H groups in total. The quantitative estimate of drug-likeness (QED) is 0.750. The molecule has 1 atom stereocenters. The van der Waals surface area contributed by atoms with E-state index < -0.39 is 9.84 Å². The molecule has 1 rings (SSSR count). The Balaban J connectivity index is 2.29. The maximum absolute atomic E-state index is 11.2. The fourth-order valence-electron chi connectivity index (χ4n) is 1.40. The molecule has 0 saturated carbocycles. The van der Waals surface area contributed by atoms with Crippen LogP contribution in [0.1, 0.15) is 12.8 Å². The van der Waals surface area contributed by atoms with Crippen molar-refractivity contribution in [2.75, 3.05) is 23.5 Å². The van der Waals surface area contributed by atoms with E-state index in [1.807, 2.05) is 6.26 Å². The second-order valence-corrected chi connectivity index (χ2v) is 6.62. The second-order valence-electron chi connectivity index (χ2n) is 3.41. The Kier molecular flexibility index (Phi) is 4.25. The number of carbonyl (C=O) groups is 1. The zero-order chi connectivity index (χ0) is 10.6. The maximum Gasteiger partial charge on any atom is 0.221 e. The Hall–Kier alpha value is -0.230. The summed E-state index contributed by atoms with van der Waals surface area (Å²) in [5.74, 6) is 1.06. The summed E-state index contributed by atoms with van der Waals surface area (Å²) < 4.78 is 22.2. The van der Waals surface area contributed by atoms with E-state index in [4.69, 9.17) is 0 Å². The molecule has 6 heteroatoms. The van der Waals surface area contributed by atoms with E-state index in [1.165, 1.54) is 0 Å². The van der Waals surface area contributed by atoms with Crippen LogP contribution >= 0.6 is 11.8 Å². The van der Waals surface area contributed by atoms with Crippen LogP contribution < -0.4 is 5.32 Å². The Morgan fingerprint density at radius 1 is 1.57 bits per heavy atom. The molecule has 0 aromatic carbocycles. The van der Waals surface area contributed by atoms with Gasteiger partial charge in [0.25, 0.3) is 0 Å². The molecule has 0 radical (unpaired) electrons. The van der Waals surface area contributed by atoms with E-state index in [0.29, 0.717) is 12.8 Å². The fourth-order valence-corrected chi connectivity index (χ4v) is 3.47. The molecule has 1 fully saturated rings. The third-order valence-corrected chi connectivity index (χ3v) is 4.51. The van der Waals surface area contributed by atoms with Gasteiger partial charge in [0.1, 0.15) is 0 Å². The van der Waals surface area contributed by atoms with Gasteiger partial charge in [0.15, 0.2) is 9.84 Å². The van der Waals surface area contributed by atoms with Crippen LogP contribution in [0.2, 0.25) is 0 Å². The number of hydrogen-bond acceptors (Lipinski definition) is 4. The van der Waals surface area contributed by atoms with Crippen LogP contribution in [0.15, 0.2) is 0 Å². The molecule has 1 saturated heterocycles. The topological polar surface area (TPSA) is 63.2 Å². The zero-order valence-corrected chi connectivity index (χ0v) is 9.79. The number of thioether (sulfide) groups is 1. The number of carbonyl (C=O) groups excluding carboxylic acids is 1. The summed E-state index contributed by atoms with van der Waals surface area (Å²) in [7, 11) is -2.88. The molecule has 82 valence electrons. The SMILES string of the molecule is CSCCC(=O)N[C@H]1CCS(=O)(=O)C1. The summed E-state index contributed by atoms with van der Waals surface area (Å²) in [5, 5.41) is 2.74. The standard InChI is InChI=1S/C8H15NO3S2/c1-13-4-2-8(10)9-7-3-5-14(11,12)6-7/h7H,2-6H2,1H3,(H,9,10)/t7-/m0/s1. The highest BCUT2D eigenvalue weighted by Gasteiger charge is 2.28. The molecular formula is C8H15NO3S2. The van der Waals surface area contributed by atoms with Crippen molar-refractivity contribution in [1.82, 2.24) is 5.32 Å². The van der Waals surface area contributed by atoms with Crippen LogP contribution in [0.25, 0.3) is 0 Å². The van der Waals surface area contributed by atoms with Gasteiger partial charge in [0.2, 0.25) is 5.91 Å². The Morgan fingerprint density at radius 3 is 2.79 bits per heavy atom. The lowest BCUT2D eigenvalue weighted by molar-refractivity contribution is -0.121. The number of nitrogens with one attached hydrogen (secondary N) is 1. The molecular weight excluding hydrogens is 222 g/mol. The van der Waals surface area contributed by atoms with Crippen molar-refractivity contribution in [2.45, 2.75) is 18.9 Å². The summed E-state index contributed by atoms with van der Waals surface area (Å²) in [6, 6.07) is -0.158. The lowest BCUT2D eigenvalue weighted by atomic mass is 10.2. The van der Waals surface area contributed by atoms with Gasteiger partial charge in [-0.05, 0) is 12.7 Å². The Bertz CT molecular complexity index is 300. The first-order valence-electron chi connectivity index (χ1n) is 4.52. The van der Waals surface area contributed by atoms with Crippen molar-refractivity contribution < 1.29 is 13.2 Å². The number of rotatable bonds is 4. The van der Waals surface area contributed by atoms with Gasteiger partial charge in [0, 0.05) is 18.2 Å². The number of hydrogen-bond donors (Lipinski definition) is 1. The van der Waals surface area contributed by atoms with E-state index in [1.54, 1.807) is 11.8 Å². The second kappa shape index (κ2) is 5.02. The third-order valence-electron chi connectivity index (χ3n) is 2.13. The van der Waals surface area contributed by atoms with Crippen LogP contribution in [0.5, 0.6) is 0 Å². The van der Waals surface area contributed by atoms with Crippen molar-refractivity contribution in [2.24, 2.45) is 0 Å². The summed E-state index contributed by atoms with van der Waals surface area (Å²) >= 11 is 1.61. The van der Waals surface area contributed by atoms with Crippen LogP contribution in [-0.4, -0.2) is 43.9 Å². The van der Waals surface area contributed by atoms with Crippen molar-refractivity contribution >= 4 is 27.5 Å². The van der Waals surface area contributed by atoms with E-state index in [0.717, 1.165) is 5.75 Å². The summed E-state index contributed by atoms with van der Waals surface area (Å²) in [5.41, 5.74) is 0. The molecule has 1 heterocycles. The van der Waals surface area contributed by atoms with E-state index in [9.17, 15) is 13.2 Å². The fraction of sp³-hybridized carbons (Fsp3) is 0.875. The van der Waals surface area contributed by atoms with Crippen LogP contribution in [-0.2, 0) is 14.6 Å². The van der Waals surface area contributed by atoms with Gasteiger partial charge in [-0.1, -0.05) is 0 Å². The molecule has 0 unspecified atom stereocenters. The molecule has 1 amide bonds. The van der Waals surface area contributed by atoms with E-state index in [2.05, 4.69) is 5.32 Å². The number of sulfone groups is 1. The average molecular weight is 237 g/mol.